The van der Waals surface area contributed by atoms with Gasteiger partial charge in [-0.2, -0.15) is 0 Å². The van der Waals surface area contributed by atoms with Gasteiger partial charge in [0.1, 0.15) is 5.01 Å². The number of methoxy groups -OCH3 is 1. The van der Waals surface area contributed by atoms with Crippen molar-refractivity contribution in [2.24, 2.45) is 0 Å². The molecule has 112 valence electrons. The summed E-state index contributed by atoms with van der Waals surface area (Å²) in [7, 11) is 3.73. The molecule has 21 heavy (non-hydrogen) atoms. The van der Waals surface area contributed by atoms with Crippen molar-refractivity contribution in [1.29, 1.82) is 0 Å². The van der Waals surface area contributed by atoms with E-state index in [0.717, 1.165) is 6.42 Å². The number of benzene rings is 1. The summed E-state index contributed by atoms with van der Waals surface area (Å²) < 4.78 is 5.17. The van der Waals surface area contributed by atoms with Gasteiger partial charge in [0.2, 0.25) is 0 Å². The van der Waals surface area contributed by atoms with Gasteiger partial charge in [0.25, 0.3) is 0 Å². The summed E-state index contributed by atoms with van der Waals surface area (Å²) in [6, 6.07) is 8.82. The molecule has 1 N–H and O–H groups in total. The van der Waals surface area contributed by atoms with Crippen LogP contribution in [0.3, 0.4) is 0 Å². The summed E-state index contributed by atoms with van der Waals surface area (Å²) in [5.74, 6) is 0. The Balaban J connectivity index is 1.85. The van der Waals surface area contributed by atoms with Crippen molar-refractivity contribution in [2.45, 2.75) is 38.3 Å². The quantitative estimate of drug-likeness (QED) is 0.918. The molecular weight excluding hydrogens is 280 g/mol. The minimum Gasteiger partial charge on any atom is -0.380 e. The van der Waals surface area contributed by atoms with Gasteiger partial charge >= 0.3 is 0 Å². The highest BCUT2D eigenvalue weighted by molar-refractivity contribution is 7.11. The third kappa shape index (κ3) is 3.18. The van der Waals surface area contributed by atoms with Gasteiger partial charge in [-0.1, -0.05) is 24.3 Å². The highest BCUT2D eigenvalue weighted by Gasteiger charge is 2.21. The average molecular weight is 302 g/mol. The first kappa shape index (κ1) is 14.7. The molecule has 1 aromatic carbocycles. The first-order chi connectivity index (χ1) is 10.3. The SMILES string of the molecule is CNC(c1ccc(COC)cc1)c1nc2c(s1)CCCC2. The van der Waals surface area contributed by atoms with Gasteiger partial charge in [-0.05, 0) is 43.9 Å². The van der Waals surface area contributed by atoms with E-state index in [2.05, 4.69) is 29.6 Å². The van der Waals surface area contributed by atoms with Gasteiger partial charge in [-0.3, -0.25) is 0 Å². The Morgan fingerprint density at radius 2 is 2.00 bits per heavy atom. The monoisotopic (exact) mass is 302 g/mol. The van der Waals surface area contributed by atoms with E-state index >= 15 is 0 Å². The largest absolute Gasteiger partial charge is 0.380 e. The van der Waals surface area contributed by atoms with Crippen LogP contribution in [-0.4, -0.2) is 19.1 Å². The minimum absolute atomic E-state index is 0.192. The Kier molecular flexibility index (Phi) is 4.68. The van der Waals surface area contributed by atoms with Crippen LogP contribution in [0.5, 0.6) is 0 Å². The van der Waals surface area contributed by atoms with E-state index in [1.54, 1.807) is 7.11 Å². The maximum absolute atomic E-state index is 5.17. The number of fused-ring (bicyclic) bond motifs is 1. The molecule has 3 rings (SSSR count). The number of hydrogen-bond acceptors (Lipinski definition) is 4. The lowest BCUT2D eigenvalue weighted by atomic mass is 10.0. The molecule has 1 heterocycles. The van der Waals surface area contributed by atoms with Gasteiger partial charge in [0.05, 0.1) is 18.3 Å². The zero-order chi connectivity index (χ0) is 14.7. The fourth-order valence-electron chi connectivity index (χ4n) is 2.90. The lowest BCUT2D eigenvalue weighted by Crippen LogP contribution is -2.17. The van der Waals surface area contributed by atoms with Crippen molar-refractivity contribution >= 4 is 11.3 Å². The maximum Gasteiger partial charge on any atom is 0.115 e. The van der Waals surface area contributed by atoms with E-state index in [0.29, 0.717) is 6.61 Å². The summed E-state index contributed by atoms with van der Waals surface area (Å²) in [5.41, 5.74) is 3.80. The number of thiazole rings is 1. The Bertz CT molecular complexity index is 568. The molecule has 0 bridgehead atoms. The number of rotatable bonds is 5. The van der Waals surface area contributed by atoms with Crippen LogP contribution in [0, 0.1) is 0 Å². The molecule has 2 aromatic rings. The van der Waals surface area contributed by atoms with E-state index in [4.69, 9.17) is 9.72 Å². The molecule has 1 unspecified atom stereocenters. The number of hydrogen-bond donors (Lipinski definition) is 1. The van der Waals surface area contributed by atoms with Crippen molar-refractivity contribution in [3.8, 4) is 0 Å². The molecule has 4 heteroatoms. The van der Waals surface area contributed by atoms with Gasteiger partial charge in [-0.25, -0.2) is 4.98 Å². The van der Waals surface area contributed by atoms with Crippen LogP contribution in [-0.2, 0) is 24.2 Å². The predicted octanol–water partition coefficient (Wildman–Crippen LogP) is 3.48. The predicted molar refractivity (Wildman–Crippen MR) is 86.8 cm³/mol. The van der Waals surface area contributed by atoms with Gasteiger partial charge in [0, 0.05) is 12.0 Å². The zero-order valence-electron chi connectivity index (χ0n) is 12.7. The van der Waals surface area contributed by atoms with Crippen LogP contribution in [0.25, 0.3) is 0 Å². The van der Waals surface area contributed by atoms with Crippen molar-refractivity contribution in [3.05, 3.63) is 51.0 Å². The molecule has 3 nitrogen and oxygen atoms in total. The Morgan fingerprint density at radius 1 is 1.24 bits per heavy atom. The summed E-state index contributed by atoms with van der Waals surface area (Å²) in [6.45, 7) is 0.663. The molecule has 1 atom stereocenters. The number of aromatic nitrogens is 1. The molecule has 1 aliphatic rings. The molecule has 0 aliphatic heterocycles. The molecule has 1 aliphatic carbocycles. The van der Waals surface area contributed by atoms with Gasteiger partial charge in [0.15, 0.2) is 0 Å². The van der Waals surface area contributed by atoms with Crippen molar-refractivity contribution in [1.82, 2.24) is 10.3 Å². The molecule has 0 radical (unpaired) electrons. The van der Waals surface area contributed by atoms with Crippen LogP contribution in [0.15, 0.2) is 24.3 Å². The number of nitrogens with one attached hydrogen (secondary N) is 1. The van der Waals surface area contributed by atoms with Crippen molar-refractivity contribution in [3.63, 3.8) is 0 Å². The highest BCUT2D eigenvalue weighted by atomic mass is 32.1. The summed E-state index contributed by atoms with van der Waals surface area (Å²) >= 11 is 1.88. The van der Waals surface area contributed by atoms with Crippen LogP contribution >= 0.6 is 11.3 Å². The highest BCUT2D eigenvalue weighted by Crippen LogP contribution is 2.32. The molecule has 1 aromatic heterocycles. The number of nitrogens with zero attached hydrogens (tertiary/aromatic N) is 1. The first-order valence-corrected chi connectivity index (χ1v) is 8.37. The number of aryl methyl sites for hydroxylation is 2. The van der Waals surface area contributed by atoms with Crippen LogP contribution in [0.2, 0.25) is 0 Å². The van der Waals surface area contributed by atoms with Crippen LogP contribution in [0.1, 0.15) is 45.6 Å². The van der Waals surface area contributed by atoms with E-state index in [1.807, 2.05) is 18.4 Å². The van der Waals surface area contributed by atoms with Gasteiger partial charge in [-0.15, -0.1) is 11.3 Å². The third-order valence-corrected chi connectivity index (χ3v) is 5.24. The standard InChI is InChI=1S/C17H22N2OS/c1-18-16(13-9-7-12(8-10-13)11-20-2)17-19-14-5-3-4-6-15(14)21-17/h7-10,16,18H,3-6,11H2,1-2H3. The first-order valence-electron chi connectivity index (χ1n) is 7.55. The fourth-order valence-corrected chi connectivity index (χ4v) is 4.19. The zero-order valence-corrected chi connectivity index (χ0v) is 13.5. The smallest absolute Gasteiger partial charge is 0.115 e. The summed E-state index contributed by atoms with van der Waals surface area (Å²) in [4.78, 5) is 6.38. The molecule has 0 spiro atoms. The Hall–Kier alpha value is -1.23. The molecule has 0 fully saturated rings. The summed E-state index contributed by atoms with van der Waals surface area (Å²) in [5, 5.41) is 4.61. The molecular formula is C17H22N2OS. The van der Waals surface area contributed by atoms with Crippen LogP contribution in [0.4, 0.5) is 0 Å². The molecule has 0 amide bonds. The lowest BCUT2D eigenvalue weighted by molar-refractivity contribution is 0.185. The average Bonchev–Trinajstić information content (AvgIpc) is 2.93. The van der Waals surface area contributed by atoms with E-state index in [9.17, 15) is 0 Å². The fraction of sp³-hybridized carbons (Fsp3) is 0.471. The maximum atomic E-state index is 5.17. The van der Waals surface area contributed by atoms with Crippen molar-refractivity contribution < 1.29 is 4.74 Å². The number of ether oxygens (including phenoxy) is 1. The van der Waals surface area contributed by atoms with Gasteiger partial charge < -0.3 is 10.1 Å². The topological polar surface area (TPSA) is 34.1 Å². The second-order valence-corrected chi connectivity index (χ2v) is 6.64. The van der Waals surface area contributed by atoms with Crippen LogP contribution < -0.4 is 5.32 Å². The van der Waals surface area contributed by atoms with Crippen molar-refractivity contribution in [2.75, 3.05) is 14.2 Å². The molecule has 0 saturated heterocycles. The lowest BCUT2D eigenvalue weighted by Gasteiger charge is -2.14. The van der Waals surface area contributed by atoms with E-state index in [-0.39, 0.29) is 6.04 Å². The van der Waals surface area contributed by atoms with E-state index in [1.165, 1.54) is 46.0 Å². The second-order valence-electron chi connectivity index (χ2n) is 5.53. The minimum atomic E-state index is 0.192. The van der Waals surface area contributed by atoms with E-state index < -0.39 is 0 Å². The molecule has 0 saturated carbocycles. The third-order valence-electron chi connectivity index (χ3n) is 4.02. The Morgan fingerprint density at radius 3 is 2.67 bits per heavy atom. The second kappa shape index (κ2) is 6.69. The Labute approximate surface area is 130 Å². The normalized spacial score (nSPS) is 15.7. The summed E-state index contributed by atoms with van der Waals surface area (Å²) in [6.07, 6.45) is 4.95.